The number of hydrogen-bond acceptors (Lipinski definition) is 4. The molecule has 0 unspecified atom stereocenters. The van der Waals surface area contributed by atoms with Crippen molar-refractivity contribution in [1.82, 2.24) is 14.8 Å². The second-order valence-electron chi connectivity index (χ2n) is 7.37. The fourth-order valence-electron chi connectivity index (χ4n) is 4.02. The molecule has 0 saturated heterocycles. The van der Waals surface area contributed by atoms with Gasteiger partial charge in [-0.15, -0.1) is 0 Å². The summed E-state index contributed by atoms with van der Waals surface area (Å²) < 4.78 is 13.0. The van der Waals surface area contributed by atoms with E-state index >= 15 is 0 Å². The van der Waals surface area contributed by atoms with Crippen LogP contribution < -0.4 is 9.47 Å². The summed E-state index contributed by atoms with van der Waals surface area (Å²) in [5.74, 6) is 1.24. The molecule has 5 aromatic rings. The van der Waals surface area contributed by atoms with Crippen molar-refractivity contribution in [3.63, 3.8) is 0 Å². The van der Waals surface area contributed by atoms with Crippen LogP contribution in [0.4, 0.5) is 0 Å². The number of rotatable bonds is 4. The van der Waals surface area contributed by atoms with E-state index in [0.717, 1.165) is 38.8 Å². The number of methoxy groups -OCH3 is 2. The third kappa shape index (κ3) is 3.25. The molecule has 0 radical (unpaired) electrons. The molecule has 0 spiro atoms. The first-order valence-corrected chi connectivity index (χ1v) is 10.7. The Labute approximate surface area is 195 Å². The van der Waals surface area contributed by atoms with Gasteiger partial charge >= 0.3 is 0 Å². The number of pyridine rings is 1. The van der Waals surface area contributed by atoms with E-state index in [0.29, 0.717) is 27.2 Å². The third-order valence-corrected chi connectivity index (χ3v) is 6.04. The molecule has 0 atom stereocenters. The molecule has 160 valence electrons. The number of benzene rings is 3. The van der Waals surface area contributed by atoms with Crippen LogP contribution in [0, 0.1) is 6.92 Å². The highest BCUT2D eigenvalue weighted by Crippen LogP contribution is 2.42. The van der Waals surface area contributed by atoms with Crippen LogP contribution in [-0.4, -0.2) is 29.0 Å². The van der Waals surface area contributed by atoms with E-state index in [4.69, 9.17) is 42.8 Å². The van der Waals surface area contributed by atoms with Crippen LogP contribution in [0.3, 0.4) is 0 Å². The minimum absolute atomic E-state index is 0.517. The van der Waals surface area contributed by atoms with E-state index in [1.54, 1.807) is 26.4 Å². The average Bonchev–Trinajstić information content (AvgIpc) is 3.14. The van der Waals surface area contributed by atoms with Crippen molar-refractivity contribution in [2.24, 2.45) is 0 Å². The molecule has 5 nitrogen and oxygen atoms in total. The lowest BCUT2D eigenvalue weighted by molar-refractivity contribution is 0.356. The van der Waals surface area contributed by atoms with Gasteiger partial charge < -0.3 is 9.47 Å². The Morgan fingerprint density at radius 3 is 2.19 bits per heavy atom. The van der Waals surface area contributed by atoms with Crippen LogP contribution in [0.2, 0.25) is 10.0 Å². The summed E-state index contributed by atoms with van der Waals surface area (Å²) in [6.45, 7) is 1.98. The van der Waals surface area contributed by atoms with E-state index in [2.05, 4.69) is 0 Å². The minimum atomic E-state index is 0.517. The Morgan fingerprint density at radius 2 is 1.53 bits per heavy atom. The highest BCUT2D eigenvalue weighted by Gasteiger charge is 2.21. The maximum Gasteiger partial charge on any atom is 0.164 e. The van der Waals surface area contributed by atoms with Gasteiger partial charge in [0, 0.05) is 21.4 Å². The predicted molar refractivity (Wildman–Crippen MR) is 130 cm³/mol. The zero-order valence-corrected chi connectivity index (χ0v) is 19.2. The fraction of sp³-hybridized carbons (Fsp3) is 0.120. The molecule has 2 aromatic heterocycles. The van der Waals surface area contributed by atoms with Crippen LogP contribution in [0.25, 0.3) is 38.8 Å². The highest BCUT2D eigenvalue weighted by molar-refractivity contribution is 6.36. The first-order chi connectivity index (χ1) is 15.5. The second kappa shape index (κ2) is 8.01. The molecule has 5 rings (SSSR count). The standard InChI is InChI=1S/C25H19Cl2N3O2/c1-14-23-18-12-21(31-2)22(32-3)13-19(18)24(17-10-9-15(26)11-20(17)27)28-25(23)30(29-14)16-7-5-4-6-8-16/h4-13H,1-3H3. The van der Waals surface area contributed by atoms with Crippen molar-refractivity contribution < 1.29 is 9.47 Å². The second-order valence-corrected chi connectivity index (χ2v) is 8.21. The summed E-state index contributed by atoms with van der Waals surface area (Å²) in [6.07, 6.45) is 0. The SMILES string of the molecule is COc1cc2c(-c3ccc(Cl)cc3Cl)nc3c(c(C)nn3-c3ccccc3)c2cc1OC. The predicted octanol–water partition coefficient (Wildman–Crippen LogP) is 6.87. The quantitative estimate of drug-likeness (QED) is 0.291. The van der Waals surface area contributed by atoms with Gasteiger partial charge in [0.1, 0.15) is 0 Å². The Balaban J connectivity index is 1.96. The van der Waals surface area contributed by atoms with Gasteiger partial charge in [-0.2, -0.15) is 5.10 Å². The van der Waals surface area contributed by atoms with Crippen LogP contribution >= 0.6 is 23.2 Å². The number of ether oxygens (including phenoxy) is 2. The maximum absolute atomic E-state index is 6.61. The molecule has 3 aromatic carbocycles. The van der Waals surface area contributed by atoms with Gasteiger partial charge in [0.05, 0.1) is 41.7 Å². The van der Waals surface area contributed by atoms with Crippen LogP contribution in [0.15, 0.2) is 60.7 Å². The van der Waals surface area contributed by atoms with Crippen molar-refractivity contribution in [2.75, 3.05) is 14.2 Å². The number of para-hydroxylation sites is 1. The van der Waals surface area contributed by atoms with Gasteiger partial charge in [-0.25, -0.2) is 9.67 Å². The Hall–Kier alpha value is -3.28. The van der Waals surface area contributed by atoms with E-state index in [1.807, 2.05) is 60.1 Å². The van der Waals surface area contributed by atoms with Crippen molar-refractivity contribution in [3.8, 4) is 28.4 Å². The summed E-state index contributed by atoms with van der Waals surface area (Å²) in [6, 6.07) is 19.2. The van der Waals surface area contributed by atoms with Gasteiger partial charge in [0.15, 0.2) is 17.1 Å². The molecule has 32 heavy (non-hydrogen) atoms. The lowest BCUT2D eigenvalue weighted by Crippen LogP contribution is -1.99. The van der Waals surface area contributed by atoms with E-state index in [1.165, 1.54) is 0 Å². The Kier molecular flexibility index (Phi) is 5.16. The number of nitrogens with zero attached hydrogens (tertiary/aromatic N) is 3. The highest BCUT2D eigenvalue weighted by atomic mass is 35.5. The monoisotopic (exact) mass is 463 g/mol. The number of halogens is 2. The molecule has 0 aliphatic rings. The Morgan fingerprint density at radius 1 is 0.844 bits per heavy atom. The van der Waals surface area contributed by atoms with Gasteiger partial charge in [-0.1, -0.05) is 41.4 Å². The molecule has 0 N–H and O–H groups in total. The number of fused-ring (bicyclic) bond motifs is 3. The van der Waals surface area contributed by atoms with Gasteiger partial charge in [-0.05, 0) is 49.4 Å². The molecule has 0 bridgehead atoms. The molecular weight excluding hydrogens is 445 g/mol. The largest absolute Gasteiger partial charge is 0.493 e. The van der Waals surface area contributed by atoms with E-state index < -0.39 is 0 Å². The summed E-state index contributed by atoms with van der Waals surface area (Å²) in [5.41, 5.74) is 4.00. The molecule has 0 aliphatic heterocycles. The zero-order chi connectivity index (χ0) is 22.4. The zero-order valence-electron chi connectivity index (χ0n) is 17.7. The first kappa shape index (κ1) is 20.6. The molecule has 7 heteroatoms. The van der Waals surface area contributed by atoms with Crippen molar-refractivity contribution in [3.05, 3.63) is 76.4 Å². The van der Waals surface area contributed by atoms with Gasteiger partial charge in [-0.3, -0.25) is 0 Å². The number of hydrogen-bond donors (Lipinski definition) is 0. The third-order valence-electron chi connectivity index (χ3n) is 5.49. The van der Waals surface area contributed by atoms with Gasteiger partial charge in [0.25, 0.3) is 0 Å². The molecular formula is C25H19Cl2N3O2. The summed E-state index contributed by atoms with van der Waals surface area (Å²) in [5, 5.41) is 8.67. The molecule has 0 saturated carbocycles. The van der Waals surface area contributed by atoms with Crippen LogP contribution in [-0.2, 0) is 0 Å². The molecule has 2 heterocycles. The maximum atomic E-state index is 6.61. The number of aromatic nitrogens is 3. The topological polar surface area (TPSA) is 49.2 Å². The first-order valence-electron chi connectivity index (χ1n) is 9.97. The molecule has 0 aliphatic carbocycles. The van der Waals surface area contributed by atoms with Crippen molar-refractivity contribution in [2.45, 2.75) is 6.92 Å². The lowest BCUT2D eigenvalue weighted by Gasteiger charge is -2.14. The van der Waals surface area contributed by atoms with Crippen LogP contribution in [0.5, 0.6) is 11.5 Å². The van der Waals surface area contributed by atoms with Gasteiger partial charge in [0.2, 0.25) is 0 Å². The molecule has 0 fully saturated rings. The average molecular weight is 464 g/mol. The Bertz CT molecular complexity index is 1480. The van der Waals surface area contributed by atoms with E-state index in [9.17, 15) is 0 Å². The minimum Gasteiger partial charge on any atom is -0.493 e. The smallest absolute Gasteiger partial charge is 0.164 e. The van der Waals surface area contributed by atoms with Crippen LogP contribution in [0.1, 0.15) is 5.69 Å². The molecule has 0 amide bonds. The van der Waals surface area contributed by atoms with E-state index in [-0.39, 0.29) is 0 Å². The fourth-order valence-corrected chi connectivity index (χ4v) is 4.52. The lowest BCUT2D eigenvalue weighted by atomic mass is 10.00. The summed E-state index contributed by atoms with van der Waals surface area (Å²) in [7, 11) is 3.24. The van der Waals surface area contributed by atoms with Crippen molar-refractivity contribution >= 4 is 45.0 Å². The summed E-state index contributed by atoms with van der Waals surface area (Å²) >= 11 is 12.8. The summed E-state index contributed by atoms with van der Waals surface area (Å²) in [4.78, 5) is 5.07. The van der Waals surface area contributed by atoms with Crippen molar-refractivity contribution in [1.29, 1.82) is 0 Å². The number of aryl methyl sites for hydroxylation is 1. The normalized spacial score (nSPS) is 11.3.